The van der Waals surface area contributed by atoms with Gasteiger partial charge in [-0.15, -0.1) is 0 Å². The van der Waals surface area contributed by atoms with Crippen molar-refractivity contribution >= 4 is 21.7 Å². The molecule has 3 heteroatoms. The molecule has 2 heterocycles. The van der Waals surface area contributed by atoms with Crippen LogP contribution in [-0.2, 0) is 0 Å². The van der Waals surface area contributed by atoms with Gasteiger partial charge in [-0.05, 0) is 11.1 Å². The Hall–Kier alpha value is -6.71. The Labute approximate surface area is 291 Å². The minimum Gasteiger partial charge on any atom is -0.246 e. The Morgan fingerprint density at radius 3 is 1.22 bits per heavy atom. The van der Waals surface area contributed by atoms with E-state index in [4.69, 9.17) is 15.0 Å². The number of nitrogens with zero attached hydrogens (tertiary/aromatic N) is 3. The Kier molecular flexibility index (Phi) is 7.49. The molecule has 0 amide bonds. The molecule has 50 heavy (non-hydrogen) atoms. The molecule has 0 aliphatic heterocycles. The summed E-state index contributed by atoms with van der Waals surface area (Å²) in [5.41, 5.74) is 11.9. The lowest BCUT2D eigenvalue weighted by Gasteiger charge is -2.20. The van der Waals surface area contributed by atoms with Crippen LogP contribution in [0.25, 0.3) is 89.1 Å². The first-order valence-electron chi connectivity index (χ1n) is 16.9. The van der Waals surface area contributed by atoms with Crippen LogP contribution in [0.3, 0.4) is 0 Å². The zero-order valence-electron chi connectivity index (χ0n) is 27.2. The summed E-state index contributed by atoms with van der Waals surface area (Å²) in [5, 5.41) is 3.37. The van der Waals surface area contributed by atoms with E-state index in [1.165, 1.54) is 16.5 Å². The number of fused-ring (bicyclic) bond motifs is 3. The molecule has 0 fully saturated rings. The van der Waals surface area contributed by atoms with E-state index < -0.39 is 0 Å². The molecular weight excluding hydrogens is 607 g/mol. The van der Waals surface area contributed by atoms with Gasteiger partial charge in [0.25, 0.3) is 0 Å². The third-order valence-electron chi connectivity index (χ3n) is 9.29. The summed E-state index contributed by atoms with van der Waals surface area (Å²) in [4.78, 5) is 16.3. The first-order valence-corrected chi connectivity index (χ1v) is 16.9. The third kappa shape index (κ3) is 5.22. The van der Waals surface area contributed by atoms with Gasteiger partial charge in [0.1, 0.15) is 0 Å². The van der Waals surface area contributed by atoms with Gasteiger partial charge in [0, 0.05) is 49.5 Å². The van der Waals surface area contributed by atoms with E-state index in [1.807, 2.05) is 30.3 Å². The molecule has 0 bridgehead atoms. The van der Waals surface area contributed by atoms with Gasteiger partial charge in [-0.2, -0.15) is 0 Å². The summed E-state index contributed by atoms with van der Waals surface area (Å²) in [6, 6.07) is 65.4. The molecule has 0 saturated heterocycles. The van der Waals surface area contributed by atoms with Gasteiger partial charge in [-0.1, -0.05) is 188 Å². The van der Waals surface area contributed by atoms with E-state index >= 15 is 0 Å². The second-order valence-corrected chi connectivity index (χ2v) is 12.3. The lowest BCUT2D eigenvalue weighted by molar-refractivity contribution is 1.18. The maximum atomic E-state index is 5.58. The van der Waals surface area contributed by atoms with Gasteiger partial charge in [0.15, 0.2) is 5.82 Å². The normalized spacial score (nSPS) is 11.2. The Balaban J connectivity index is 1.45. The van der Waals surface area contributed by atoms with Crippen LogP contribution in [0.2, 0.25) is 0 Å². The first-order chi connectivity index (χ1) is 24.8. The van der Waals surface area contributed by atoms with Crippen molar-refractivity contribution in [3.63, 3.8) is 0 Å². The molecule has 0 aliphatic carbocycles. The van der Waals surface area contributed by atoms with Crippen LogP contribution in [0, 0.1) is 0 Å². The second kappa shape index (κ2) is 12.7. The first kappa shape index (κ1) is 29.4. The summed E-state index contributed by atoms with van der Waals surface area (Å²) in [6.07, 6.45) is 0. The van der Waals surface area contributed by atoms with Crippen molar-refractivity contribution in [1.29, 1.82) is 0 Å². The molecule has 0 aliphatic rings. The number of rotatable bonds is 6. The highest BCUT2D eigenvalue weighted by molar-refractivity contribution is 6.20. The zero-order chi connectivity index (χ0) is 33.3. The van der Waals surface area contributed by atoms with E-state index in [0.717, 1.165) is 66.8 Å². The van der Waals surface area contributed by atoms with E-state index in [2.05, 4.69) is 158 Å². The number of aromatic nitrogens is 3. The number of pyridine rings is 1. The standard InChI is InChI=1S/C47H31N3/c1-6-18-32(19-7-1)37-28-16-29-38-41(37)39-30-17-31-40(46(39)48-43(38)33-20-8-2-9-21-33)42-44(34-22-10-3-11-23-34)49-47(36-26-14-5-15-27-36)50-45(42)35-24-12-4-13-25-35/h1-31H. The number of para-hydroxylation sites is 1. The van der Waals surface area contributed by atoms with Crippen molar-refractivity contribution in [2.45, 2.75) is 0 Å². The molecule has 0 unspecified atom stereocenters. The molecule has 7 aromatic carbocycles. The van der Waals surface area contributed by atoms with Crippen molar-refractivity contribution in [2.75, 3.05) is 0 Å². The molecule has 2 aromatic heterocycles. The van der Waals surface area contributed by atoms with E-state index in [0.29, 0.717) is 5.82 Å². The van der Waals surface area contributed by atoms with Gasteiger partial charge in [0.05, 0.1) is 22.6 Å². The van der Waals surface area contributed by atoms with Gasteiger partial charge >= 0.3 is 0 Å². The van der Waals surface area contributed by atoms with Crippen LogP contribution in [0.4, 0.5) is 0 Å². The fourth-order valence-electron chi connectivity index (χ4n) is 7.00. The SMILES string of the molecule is c1ccc(-c2nc(-c3ccccc3)c(-c3cccc4c3nc(-c3ccccc3)c3cccc(-c5ccccc5)c34)c(-c3ccccc3)n2)cc1. The molecule has 234 valence electrons. The molecular formula is C47H31N3. The highest BCUT2D eigenvalue weighted by Gasteiger charge is 2.24. The predicted molar refractivity (Wildman–Crippen MR) is 207 cm³/mol. The zero-order valence-corrected chi connectivity index (χ0v) is 27.2. The van der Waals surface area contributed by atoms with Crippen molar-refractivity contribution in [2.24, 2.45) is 0 Å². The van der Waals surface area contributed by atoms with E-state index in [9.17, 15) is 0 Å². The van der Waals surface area contributed by atoms with Crippen LogP contribution in [-0.4, -0.2) is 15.0 Å². The summed E-state index contributed by atoms with van der Waals surface area (Å²) >= 11 is 0. The van der Waals surface area contributed by atoms with Crippen molar-refractivity contribution in [3.8, 4) is 67.4 Å². The summed E-state index contributed by atoms with van der Waals surface area (Å²) in [7, 11) is 0. The molecule has 3 nitrogen and oxygen atoms in total. The Bertz CT molecular complexity index is 2540. The Morgan fingerprint density at radius 1 is 0.280 bits per heavy atom. The maximum Gasteiger partial charge on any atom is 0.160 e. The largest absolute Gasteiger partial charge is 0.246 e. The van der Waals surface area contributed by atoms with Crippen LogP contribution in [0.1, 0.15) is 0 Å². The topological polar surface area (TPSA) is 38.7 Å². The van der Waals surface area contributed by atoms with Gasteiger partial charge < -0.3 is 0 Å². The second-order valence-electron chi connectivity index (χ2n) is 12.3. The minimum atomic E-state index is 0.682. The fourth-order valence-corrected chi connectivity index (χ4v) is 7.00. The summed E-state index contributed by atoms with van der Waals surface area (Å²) in [5.74, 6) is 0.682. The van der Waals surface area contributed by atoms with Crippen LogP contribution in [0.15, 0.2) is 188 Å². The van der Waals surface area contributed by atoms with Crippen molar-refractivity contribution in [3.05, 3.63) is 188 Å². The molecule has 0 spiro atoms. The smallest absolute Gasteiger partial charge is 0.160 e. The summed E-state index contributed by atoms with van der Waals surface area (Å²) in [6.45, 7) is 0. The predicted octanol–water partition coefficient (Wildman–Crippen LogP) is 12.2. The number of hydrogen-bond donors (Lipinski definition) is 0. The highest BCUT2D eigenvalue weighted by Crippen LogP contribution is 2.45. The van der Waals surface area contributed by atoms with E-state index in [-0.39, 0.29) is 0 Å². The highest BCUT2D eigenvalue weighted by atomic mass is 14.9. The van der Waals surface area contributed by atoms with Crippen LogP contribution < -0.4 is 0 Å². The minimum absolute atomic E-state index is 0.682. The Morgan fingerprint density at radius 2 is 0.700 bits per heavy atom. The molecule has 0 N–H and O–H groups in total. The lowest BCUT2D eigenvalue weighted by atomic mass is 9.89. The summed E-state index contributed by atoms with van der Waals surface area (Å²) < 4.78 is 0. The number of hydrogen-bond acceptors (Lipinski definition) is 3. The third-order valence-corrected chi connectivity index (χ3v) is 9.29. The molecule has 0 radical (unpaired) electrons. The van der Waals surface area contributed by atoms with Gasteiger partial charge in [-0.25, -0.2) is 15.0 Å². The van der Waals surface area contributed by atoms with E-state index in [1.54, 1.807) is 0 Å². The average Bonchev–Trinajstić information content (AvgIpc) is 3.21. The van der Waals surface area contributed by atoms with Gasteiger partial charge in [-0.3, -0.25) is 0 Å². The molecule has 0 atom stereocenters. The quantitative estimate of drug-likeness (QED) is 0.170. The average molecular weight is 638 g/mol. The number of benzene rings is 7. The molecule has 9 aromatic rings. The maximum absolute atomic E-state index is 5.58. The van der Waals surface area contributed by atoms with Crippen LogP contribution in [0.5, 0.6) is 0 Å². The fraction of sp³-hybridized carbons (Fsp3) is 0. The van der Waals surface area contributed by atoms with Crippen molar-refractivity contribution in [1.82, 2.24) is 15.0 Å². The van der Waals surface area contributed by atoms with Crippen LogP contribution >= 0.6 is 0 Å². The monoisotopic (exact) mass is 637 g/mol. The van der Waals surface area contributed by atoms with Gasteiger partial charge in [0.2, 0.25) is 0 Å². The molecule has 0 saturated carbocycles. The van der Waals surface area contributed by atoms with Crippen molar-refractivity contribution < 1.29 is 0 Å². The molecule has 9 rings (SSSR count). The lowest BCUT2D eigenvalue weighted by Crippen LogP contribution is -2.02.